The van der Waals surface area contributed by atoms with Crippen LogP contribution in [0.15, 0.2) is 12.2 Å². The average Bonchev–Trinajstić information content (AvgIpc) is 2.95. The lowest BCUT2D eigenvalue weighted by Crippen LogP contribution is -2.58. The molecule has 3 unspecified atom stereocenters. The smallest absolute Gasteiger partial charge is 0.0642 e. The second-order valence-corrected chi connectivity index (χ2v) is 10.1. The zero-order valence-electron chi connectivity index (χ0n) is 16.0. The molecular weight excluding hydrogens is 312 g/mol. The molecule has 0 aromatic rings. The molecule has 3 nitrogen and oxygen atoms in total. The van der Waals surface area contributed by atoms with Gasteiger partial charge in [0.25, 0.3) is 0 Å². The Balaban J connectivity index is 1.65. The molecule has 0 aromatic heterocycles. The van der Waals surface area contributed by atoms with Gasteiger partial charge >= 0.3 is 0 Å². The zero-order valence-corrected chi connectivity index (χ0v) is 16.0. The van der Waals surface area contributed by atoms with E-state index in [1.807, 2.05) is 0 Å². The van der Waals surface area contributed by atoms with Crippen LogP contribution in [0.3, 0.4) is 0 Å². The van der Waals surface area contributed by atoms with Crippen LogP contribution in [0, 0.1) is 40.4 Å². The lowest BCUT2D eigenvalue weighted by Gasteiger charge is -2.62. The predicted octanol–water partition coefficient (Wildman–Crippen LogP) is 3.53. The minimum absolute atomic E-state index is 0.0471. The summed E-state index contributed by atoms with van der Waals surface area (Å²) in [5.74, 6) is 2.73. The van der Waals surface area contributed by atoms with Gasteiger partial charge in [-0.15, -0.1) is 0 Å². The van der Waals surface area contributed by atoms with Gasteiger partial charge in [0.15, 0.2) is 0 Å². The number of hydrogen-bond donors (Lipinski definition) is 3. The normalized spacial score (nSPS) is 55.2. The van der Waals surface area contributed by atoms with E-state index < -0.39 is 0 Å². The molecule has 0 spiro atoms. The van der Waals surface area contributed by atoms with E-state index >= 15 is 0 Å². The highest BCUT2D eigenvalue weighted by Gasteiger charge is 2.63. The maximum atomic E-state index is 11.3. The molecule has 3 heteroatoms. The van der Waals surface area contributed by atoms with E-state index in [4.69, 9.17) is 0 Å². The van der Waals surface area contributed by atoms with Gasteiger partial charge in [-0.25, -0.2) is 0 Å². The van der Waals surface area contributed by atoms with Crippen molar-refractivity contribution in [1.82, 2.24) is 0 Å². The summed E-state index contributed by atoms with van der Waals surface area (Å²) in [5.41, 5.74) is 1.10. The van der Waals surface area contributed by atoms with Crippen molar-refractivity contribution in [3.8, 4) is 0 Å². The number of rotatable bonds is 2. The van der Waals surface area contributed by atoms with Crippen LogP contribution in [-0.4, -0.2) is 34.1 Å². The first kappa shape index (κ1) is 18.0. The van der Waals surface area contributed by atoms with Gasteiger partial charge in [-0.2, -0.15) is 0 Å². The lowest BCUT2D eigenvalue weighted by atomic mass is 9.44. The second-order valence-electron chi connectivity index (χ2n) is 10.1. The lowest BCUT2D eigenvalue weighted by molar-refractivity contribution is -0.168. The molecule has 9 atom stereocenters. The van der Waals surface area contributed by atoms with E-state index in [1.165, 1.54) is 19.3 Å². The Morgan fingerprint density at radius 2 is 1.76 bits per heavy atom. The molecule has 142 valence electrons. The summed E-state index contributed by atoms with van der Waals surface area (Å²) in [5, 5.41) is 31.1. The maximum Gasteiger partial charge on any atom is 0.0642 e. The molecule has 0 aliphatic heterocycles. The van der Waals surface area contributed by atoms with Crippen LogP contribution >= 0.6 is 0 Å². The molecule has 0 aromatic carbocycles. The molecular formula is C22H36O3. The van der Waals surface area contributed by atoms with Crippen LogP contribution in [0.2, 0.25) is 0 Å². The summed E-state index contributed by atoms with van der Waals surface area (Å²) >= 11 is 0. The number of aliphatic hydroxyl groups is 3. The molecule has 4 aliphatic rings. The Labute approximate surface area is 152 Å². The summed E-state index contributed by atoms with van der Waals surface area (Å²) in [6.45, 7) is 8.90. The summed E-state index contributed by atoms with van der Waals surface area (Å²) in [7, 11) is 0. The third kappa shape index (κ3) is 2.41. The molecule has 4 aliphatic carbocycles. The van der Waals surface area contributed by atoms with Crippen LogP contribution in [0.25, 0.3) is 0 Å². The fraction of sp³-hybridized carbons (Fsp3) is 0.909. The maximum absolute atomic E-state index is 11.3. The van der Waals surface area contributed by atoms with Crippen molar-refractivity contribution >= 4 is 0 Å². The summed E-state index contributed by atoms with van der Waals surface area (Å²) in [4.78, 5) is 0. The van der Waals surface area contributed by atoms with Crippen LogP contribution in [0.4, 0.5) is 0 Å². The van der Waals surface area contributed by atoms with E-state index in [-0.39, 0.29) is 35.6 Å². The molecule has 25 heavy (non-hydrogen) atoms. The summed E-state index contributed by atoms with van der Waals surface area (Å²) in [6.07, 6.45) is 8.22. The van der Waals surface area contributed by atoms with E-state index in [0.29, 0.717) is 23.7 Å². The quantitative estimate of drug-likeness (QED) is 0.669. The third-order valence-corrected chi connectivity index (χ3v) is 9.44. The highest BCUT2D eigenvalue weighted by molar-refractivity contribution is 5.18. The van der Waals surface area contributed by atoms with E-state index in [9.17, 15) is 15.3 Å². The number of aliphatic hydroxyl groups excluding tert-OH is 3. The molecule has 4 rings (SSSR count). The number of hydrogen-bond acceptors (Lipinski definition) is 3. The Bertz CT molecular complexity index is 545. The highest BCUT2D eigenvalue weighted by Crippen LogP contribution is 2.68. The third-order valence-electron chi connectivity index (χ3n) is 9.44. The fourth-order valence-electron chi connectivity index (χ4n) is 7.97. The van der Waals surface area contributed by atoms with Crippen LogP contribution in [-0.2, 0) is 0 Å². The summed E-state index contributed by atoms with van der Waals surface area (Å²) < 4.78 is 0. The average molecular weight is 349 g/mol. The van der Waals surface area contributed by atoms with Crippen LogP contribution in [0.1, 0.15) is 65.2 Å². The van der Waals surface area contributed by atoms with E-state index in [0.717, 1.165) is 37.7 Å². The first-order valence-electron chi connectivity index (χ1n) is 10.5. The monoisotopic (exact) mass is 348 g/mol. The molecule has 0 bridgehead atoms. The van der Waals surface area contributed by atoms with Crippen molar-refractivity contribution in [3.05, 3.63) is 12.2 Å². The van der Waals surface area contributed by atoms with Gasteiger partial charge in [0, 0.05) is 5.41 Å². The van der Waals surface area contributed by atoms with E-state index in [1.54, 1.807) is 0 Å². The molecule has 4 fully saturated rings. The fourth-order valence-corrected chi connectivity index (χ4v) is 7.97. The molecule has 0 saturated heterocycles. The van der Waals surface area contributed by atoms with Crippen molar-refractivity contribution < 1.29 is 15.3 Å². The van der Waals surface area contributed by atoms with Gasteiger partial charge in [0.2, 0.25) is 0 Å². The first-order valence-corrected chi connectivity index (χ1v) is 10.5. The van der Waals surface area contributed by atoms with E-state index in [2.05, 4.69) is 20.4 Å². The molecule has 0 amide bonds. The van der Waals surface area contributed by atoms with Crippen molar-refractivity contribution in [3.63, 3.8) is 0 Å². The van der Waals surface area contributed by atoms with Crippen LogP contribution < -0.4 is 0 Å². The number of fused-ring (bicyclic) bond motifs is 5. The minimum Gasteiger partial charge on any atom is -0.393 e. The zero-order chi connectivity index (χ0) is 18.0. The Morgan fingerprint density at radius 3 is 2.48 bits per heavy atom. The van der Waals surface area contributed by atoms with Crippen LogP contribution in [0.5, 0.6) is 0 Å². The molecule has 4 saturated carbocycles. The van der Waals surface area contributed by atoms with Crippen molar-refractivity contribution in [2.75, 3.05) is 6.61 Å². The van der Waals surface area contributed by atoms with Crippen molar-refractivity contribution in [2.24, 2.45) is 40.4 Å². The van der Waals surface area contributed by atoms with Gasteiger partial charge in [-0.1, -0.05) is 20.4 Å². The van der Waals surface area contributed by atoms with Gasteiger partial charge in [0.05, 0.1) is 18.8 Å². The van der Waals surface area contributed by atoms with Gasteiger partial charge in [-0.05, 0) is 91.9 Å². The van der Waals surface area contributed by atoms with Gasteiger partial charge in [0.1, 0.15) is 0 Å². The molecule has 0 radical (unpaired) electrons. The summed E-state index contributed by atoms with van der Waals surface area (Å²) in [6, 6.07) is 0. The predicted molar refractivity (Wildman–Crippen MR) is 98.8 cm³/mol. The van der Waals surface area contributed by atoms with Crippen molar-refractivity contribution in [2.45, 2.75) is 77.4 Å². The highest BCUT2D eigenvalue weighted by atomic mass is 16.3. The SMILES string of the molecule is C=C(CO)[C@H]1CC[C@H]2[C@@H]3CCC4CC(O)CC[C@]4(C)[C@H]3CC(O)[C@]12C. The minimum atomic E-state index is -0.294. The first-order chi connectivity index (χ1) is 11.8. The van der Waals surface area contributed by atoms with Gasteiger partial charge in [-0.3, -0.25) is 0 Å². The van der Waals surface area contributed by atoms with Gasteiger partial charge < -0.3 is 15.3 Å². The molecule has 0 heterocycles. The Morgan fingerprint density at radius 1 is 1.00 bits per heavy atom. The van der Waals surface area contributed by atoms with Crippen molar-refractivity contribution in [1.29, 1.82) is 0 Å². The Hall–Kier alpha value is -0.380. The molecule has 3 N–H and O–H groups in total. The largest absolute Gasteiger partial charge is 0.393 e. The standard InChI is InChI=1S/C22H36O3/c1-13(12-23)17-6-7-18-16-5-4-14-10-15(24)8-9-21(14,2)19(16)11-20(25)22(17,18)3/h14-20,23-25H,1,4-12H2,2-3H3/t14?,15?,16-,17+,18-,19-,20?,21-,22+/m0/s1. The Kier molecular flexibility index (Phi) is 4.37. The second kappa shape index (κ2) is 6.07. The topological polar surface area (TPSA) is 60.7 Å².